The minimum Gasteiger partial charge on any atom is -0.482 e. The van der Waals surface area contributed by atoms with Gasteiger partial charge in [-0.15, -0.1) is 0 Å². The Balaban J connectivity index is 1.59. The van der Waals surface area contributed by atoms with Gasteiger partial charge in [0.05, 0.1) is 5.71 Å². The van der Waals surface area contributed by atoms with Gasteiger partial charge in [0.25, 0.3) is 0 Å². The molecule has 1 unspecified atom stereocenters. The van der Waals surface area contributed by atoms with Gasteiger partial charge in [0.2, 0.25) is 0 Å². The van der Waals surface area contributed by atoms with Gasteiger partial charge in [-0.2, -0.15) is 0 Å². The smallest absolute Gasteiger partial charge is 0.341 e. The lowest BCUT2D eigenvalue weighted by atomic mass is 9.84. The highest BCUT2D eigenvalue weighted by Crippen LogP contribution is 2.32. The number of rotatable bonds is 11. The molecule has 1 aliphatic carbocycles. The lowest BCUT2D eigenvalue weighted by Gasteiger charge is -2.25. The predicted octanol–water partition coefficient (Wildman–Crippen LogP) is 4.65. The highest BCUT2D eigenvalue weighted by atomic mass is 16.6. The Morgan fingerprint density at radius 1 is 1.27 bits per heavy atom. The maximum atomic E-state index is 10.8. The number of benzene rings is 1. The van der Waals surface area contributed by atoms with E-state index in [-0.39, 0.29) is 6.61 Å². The number of carboxylic acids is 1. The molecule has 160 valence electrons. The van der Waals surface area contributed by atoms with Crippen LogP contribution in [0, 0.1) is 5.92 Å². The van der Waals surface area contributed by atoms with E-state index in [4.69, 9.17) is 14.7 Å². The molecule has 0 fully saturated rings. The predicted molar refractivity (Wildman–Crippen MR) is 116 cm³/mol. The van der Waals surface area contributed by atoms with Crippen LogP contribution in [0.15, 0.2) is 47.9 Å². The number of aromatic nitrogens is 1. The fourth-order valence-corrected chi connectivity index (χ4v) is 3.80. The van der Waals surface area contributed by atoms with Crippen molar-refractivity contribution in [2.75, 3.05) is 13.2 Å². The van der Waals surface area contributed by atoms with E-state index >= 15 is 0 Å². The second kappa shape index (κ2) is 11.3. The lowest BCUT2D eigenvalue weighted by Crippen LogP contribution is -2.20. The number of hydrogen-bond acceptors (Lipinski definition) is 5. The first-order valence-electron chi connectivity index (χ1n) is 10.7. The number of aliphatic carboxylic acids is 1. The van der Waals surface area contributed by atoms with Crippen molar-refractivity contribution < 1.29 is 19.5 Å². The van der Waals surface area contributed by atoms with Gasteiger partial charge in [0.1, 0.15) is 12.4 Å². The van der Waals surface area contributed by atoms with E-state index in [1.165, 1.54) is 18.4 Å². The van der Waals surface area contributed by atoms with E-state index in [9.17, 15) is 4.79 Å². The molecule has 2 aromatic rings. The Morgan fingerprint density at radius 2 is 2.17 bits per heavy atom. The topological polar surface area (TPSA) is 81.0 Å². The summed E-state index contributed by atoms with van der Waals surface area (Å²) in [5.74, 6) is 0.0970. The van der Waals surface area contributed by atoms with Gasteiger partial charge in [-0.3, -0.25) is 4.98 Å². The average Bonchev–Trinajstić information content (AvgIpc) is 2.77. The molecule has 1 heterocycles. The van der Waals surface area contributed by atoms with Crippen LogP contribution < -0.4 is 4.74 Å². The van der Waals surface area contributed by atoms with Crippen molar-refractivity contribution in [1.82, 2.24) is 4.98 Å². The molecular weight excluding hydrogens is 380 g/mol. The Labute approximate surface area is 177 Å². The van der Waals surface area contributed by atoms with Gasteiger partial charge in [0.15, 0.2) is 6.61 Å². The molecule has 1 aromatic carbocycles. The number of unbranched alkanes of at least 4 members (excludes halogenated alkanes) is 2. The van der Waals surface area contributed by atoms with Crippen LogP contribution in [0.25, 0.3) is 0 Å². The fourth-order valence-electron chi connectivity index (χ4n) is 3.80. The zero-order valence-electron chi connectivity index (χ0n) is 17.5. The molecule has 3 rings (SSSR count). The molecule has 0 saturated carbocycles. The van der Waals surface area contributed by atoms with Crippen molar-refractivity contribution in [3.05, 3.63) is 59.4 Å². The minimum atomic E-state index is -0.962. The fraction of sp³-hybridized carbons (Fsp3) is 0.458. The molecule has 0 radical (unpaired) electrons. The highest BCUT2D eigenvalue weighted by molar-refractivity contribution is 5.99. The van der Waals surface area contributed by atoms with Crippen molar-refractivity contribution in [2.24, 2.45) is 11.1 Å². The third-order valence-corrected chi connectivity index (χ3v) is 5.39. The molecular formula is C24H30N2O4. The summed E-state index contributed by atoms with van der Waals surface area (Å²) in [5, 5.41) is 13.3. The Hall–Kier alpha value is -2.89. The van der Waals surface area contributed by atoms with E-state index in [1.807, 2.05) is 30.5 Å². The van der Waals surface area contributed by atoms with E-state index < -0.39 is 5.97 Å². The van der Waals surface area contributed by atoms with Crippen LogP contribution in [0.3, 0.4) is 0 Å². The summed E-state index contributed by atoms with van der Waals surface area (Å²) in [6.07, 6.45) is 10.6. The van der Waals surface area contributed by atoms with E-state index in [1.54, 1.807) is 6.20 Å². The largest absolute Gasteiger partial charge is 0.482 e. The summed E-state index contributed by atoms with van der Waals surface area (Å²) in [7, 11) is 0. The van der Waals surface area contributed by atoms with Crippen molar-refractivity contribution in [3.8, 4) is 5.75 Å². The van der Waals surface area contributed by atoms with Crippen LogP contribution in [0.5, 0.6) is 5.75 Å². The first-order valence-corrected chi connectivity index (χ1v) is 10.7. The van der Waals surface area contributed by atoms with Crippen LogP contribution in [-0.2, 0) is 22.5 Å². The summed E-state index contributed by atoms with van der Waals surface area (Å²) < 4.78 is 5.45. The highest BCUT2D eigenvalue weighted by Gasteiger charge is 2.22. The molecule has 0 bridgehead atoms. The molecule has 1 aromatic heterocycles. The van der Waals surface area contributed by atoms with Gasteiger partial charge in [-0.05, 0) is 61.4 Å². The maximum Gasteiger partial charge on any atom is 0.341 e. The summed E-state index contributed by atoms with van der Waals surface area (Å²) in [6, 6.07) is 9.80. The molecule has 1 atom stereocenters. The number of carbonyl (C=O) groups is 1. The standard InChI is InChI=1S/C24H30N2O4/c1-2-3-4-9-22(20-8-6-13-25-15-20)26-30-16-18-11-12-21-19(14-18)7-5-10-23(21)29-17-24(27)28/h5-8,10,13,15,18H,2-4,9,11-12,14,16-17H2,1H3,(H,27,28). The molecule has 0 saturated heterocycles. The van der Waals surface area contributed by atoms with Crippen molar-refractivity contribution >= 4 is 11.7 Å². The Bertz CT molecular complexity index is 852. The summed E-state index contributed by atoms with van der Waals surface area (Å²) >= 11 is 0. The van der Waals surface area contributed by atoms with Crippen LogP contribution in [-0.4, -0.2) is 35.0 Å². The number of hydrogen-bond donors (Lipinski definition) is 1. The minimum absolute atomic E-state index is 0.313. The summed E-state index contributed by atoms with van der Waals surface area (Å²) in [4.78, 5) is 20.8. The molecule has 1 N–H and O–H groups in total. The van der Waals surface area contributed by atoms with Crippen LogP contribution in [0.1, 0.15) is 55.7 Å². The average molecular weight is 411 g/mol. The van der Waals surface area contributed by atoms with E-state index in [0.29, 0.717) is 18.3 Å². The number of carboxylic acid groups (broad SMARTS) is 1. The third-order valence-electron chi connectivity index (χ3n) is 5.39. The van der Waals surface area contributed by atoms with Crippen molar-refractivity contribution in [3.63, 3.8) is 0 Å². The monoisotopic (exact) mass is 410 g/mol. The normalized spacial score (nSPS) is 16.0. The molecule has 0 spiro atoms. The molecule has 0 amide bonds. The molecule has 30 heavy (non-hydrogen) atoms. The number of oxime groups is 1. The van der Waals surface area contributed by atoms with Crippen molar-refractivity contribution in [1.29, 1.82) is 0 Å². The lowest BCUT2D eigenvalue weighted by molar-refractivity contribution is -0.139. The second-order valence-corrected chi connectivity index (χ2v) is 7.72. The van der Waals surface area contributed by atoms with Gasteiger partial charge in [-0.1, -0.05) is 37.1 Å². The van der Waals surface area contributed by atoms with Gasteiger partial charge < -0.3 is 14.7 Å². The quantitative estimate of drug-likeness (QED) is 0.331. The first kappa shape index (κ1) is 21.8. The van der Waals surface area contributed by atoms with Crippen LogP contribution >= 0.6 is 0 Å². The SMILES string of the molecule is CCCCCC(=NOCC1CCc2c(cccc2OCC(=O)O)C1)c1cccnc1. The summed E-state index contributed by atoms with van der Waals surface area (Å²) in [6.45, 7) is 2.44. The number of fused-ring (bicyclic) bond motifs is 1. The Morgan fingerprint density at radius 3 is 2.93 bits per heavy atom. The zero-order valence-corrected chi connectivity index (χ0v) is 17.5. The maximum absolute atomic E-state index is 10.8. The Kier molecular flexibility index (Phi) is 8.24. The molecule has 6 heteroatoms. The number of pyridine rings is 1. The number of nitrogens with zero attached hydrogens (tertiary/aromatic N) is 2. The van der Waals surface area contributed by atoms with Gasteiger partial charge in [0, 0.05) is 23.9 Å². The number of ether oxygens (including phenoxy) is 1. The zero-order chi connectivity index (χ0) is 21.2. The van der Waals surface area contributed by atoms with Crippen molar-refractivity contribution in [2.45, 2.75) is 51.9 Å². The van der Waals surface area contributed by atoms with E-state index in [0.717, 1.165) is 48.9 Å². The summed E-state index contributed by atoms with van der Waals surface area (Å²) in [5.41, 5.74) is 4.30. The van der Waals surface area contributed by atoms with Gasteiger partial charge in [-0.25, -0.2) is 4.79 Å². The first-order chi connectivity index (χ1) is 14.7. The molecule has 0 aliphatic heterocycles. The second-order valence-electron chi connectivity index (χ2n) is 7.72. The van der Waals surface area contributed by atoms with Crippen LogP contribution in [0.2, 0.25) is 0 Å². The third kappa shape index (κ3) is 6.31. The van der Waals surface area contributed by atoms with E-state index in [2.05, 4.69) is 23.1 Å². The van der Waals surface area contributed by atoms with Crippen LogP contribution in [0.4, 0.5) is 0 Å². The molecule has 1 aliphatic rings. The van der Waals surface area contributed by atoms with Gasteiger partial charge >= 0.3 is 5.97 Å². The molecule has 6 nitrogen and oxygen atoms in total.